The van der Waals surface area contributed by atoms with Crippen LogP contribution in [0, 0.1) is 0 Å². The van der Waals surface area contributed by atoms with Crippen LogP contribution in [0.15, 0.2) is 48.6 Å². The largest absolute Gasteiger partial charge is 0.399 e. The van der Waals surface area contributed by atoms with Crippen molar-refractivity contribution in [3.8, 4) is 0 Å². The third kappa shape index (κ3) is 1.69. The van der Waals surface area contributed by atoms with E-state index >= 15 is 0 Å². The fraction of sp³-hybridized carbons (Fsp3) is 0.100. The molecule has 0 amide bonds. The molecule has 0 unspecified atom stereocenters. The molecule has 0 radical (unpaired) electrons. The number of nitrogens with zero attached hydrogens (tertiary/aromatic N) is 2. The molecule has 0 aliphatic carbocycles. The van der Waals surface area contributed by atoms with Crippen LogP contribution in [-0.4, -0.2) is 11.5 Å². The van der Waals surface area contributed by atoms with Gasteiger partial charge in [0.05, 0.1) is 11.9 Å². The minimum Gasteiger partial charge on any atom is -0.399 e. The van der Waals surface area contributed by atoms with Crippen molar-refractivity contribution < 1.29 is 0 Å². The summed E-state index contributed by atoms with van der Waals surface area (Å²) >= 11 is 0. The maximum atomic E-state index is 5.61. The van der Waals surface area contributed by atoms with E-state index in [0.717, 1.165) is 17.9 Å². The first-order valence-electron chi connectivity index (χ1n) is 4.17. The Bertz CT molecular complexity index is 340. The average Bonchev–Trinajstić information content (AvgIpc) is 2.20. The number of allylic oxidation sites excluding steroid dienone is 1. The standard InChI is InChI=1S/C10H11N3/c11-9-3-6-13(7-4-9)10-2-1-5-12-8-10/h1-6,8H,7,11H2. The van der Waals surface area contributed by atoms with Crippen LogP contribution in [0.5, 0.6) is 0 Å². The predicted molar refractivity (Wildman–Crippen MR) is 53.0 cm³/mol. The van der Waals surface area contributed by atoms with Crippen LogP contribution in [0.2, 0.25) is 0 Å². The molecule has 2 rings (SSSR count). The topological polar surface area (TPSA) is 42.1 Å². The number of hydrogen-bond acceptors (Lipinski definition) is 3. The molecule has 2 heterocycles. The summed E-state index contributed by atoms with van der Waals surface area (Å²) in [6.07, 6.45) is 9.43. The van der Waals surface area contributed by atoms with Gasteiger partial charge in [0, 0.05) is 24.6 Å². The van der Waals surface area contributed by atoms with E-state index in [1.54, 1.807) is 6.20 Å². The number of anilines is 1. The number of aromatic nitrogens is 1. The Balaban J connectivity index is 2.18. The number of pyridine rings is 1. The maximum absolute atomic E-state index is 5.61. The highest BCUT2D eigenvalue weighted by atomic mass is 15.1. The molecule has 13 heavy (non-hydrogen) atoms. The SMILES string of the molecule is NC1=CCN(c2cccnc2)C=C1. The molecule has 3 heteroatoms. The lowest BCUT2D eigenvalue weighted by Gasteiger charge is -2.21. The Morgan fingerprint density at radius 2 is 2.38 bits per heavy atom. The molecule has 3 nitrogen and oxygen atoms in total. The maximum Gasteiger partial charge on any atom is 0.0595 e. The molecule has 0 fully saturated rings. The van der Waals surface area contributed by atoms with Crippen LogP contribution < -0.4 is 10.6 Å². The van der Waals surface area contributed by atoms with E-state index in [0.29, 0.717) is 0 Å². The molecular formula is C10H11N3. The molecule has 1 aromatic heterocycles. The number of nitrogens with two attached hydrogens (primary N) is 1. The van der Waals surface area contributed by atoms with Gasteiger partial charge in [0.15, 0.2) is 0 Å². The summed E-state index contributed by atoms with van der Waals surface area (Å²) in [5.74, 6) is 0. The number of rotatable bonds is 1. The molecule has 0 atom stereocenters. The summed E-state index contributed by atoms with van der Waals surface area (Å²) in [4.78, 5) is 6.14. The molecule has 1 aromatic rings. The van der Waals surface area contributed by atoms with Crippen LogP contribution in [0.3, 0.4) is 0 Å². The molecule has 1 aliphatic heterocycles. The minimum atomic E-state index is 0.814. The van der Waals surface area contributed by atoms with Gasteiger partial charge in [-0.15, -0.1) is 0 Å². The fourth-order valence-corrected chi connectivity index (χ4v) is 1.22. The van der Waals surface area contributed by atoms with E-state index in [1.165, 1.54) is 0 Å². The van der Waals surface area contributed by atoms with E-state index in [2.05, 4.69) is 9.88 Å². The molecule has 0 saturated heterocycles. The van der Waals surface area contributed by atoms with Crippen LogP contribution in [0.1, 0.15) is 0 Å². The van der Waals surface area contributed by atoms with E-state index < -0.39 is 0 Å². The smallest absolute Gasteiger partial charge is 0.0595 e. The van der Waals surface area contributed by atoms with E-state index in [4.69, 9.17) is 5.73 Å². The van der Waals surface area contributed by atoms with Gasteiger partial charge in [-0.3, -0.25) is 4.98 Å². The Kier molecular flexibility index (Phi) is 2.00. The molecule has 66 valence electrons. The van der Waals surface area contributed by atoms with Gasteiger partial charge < -0.3 is 10.6 Å². The summed E-state index contributed by atoms with van der Waals surface area (Å²) in [5, 5.41) is 0. The highest BCUT2D eigenvalue weighted by Gasteiger charge is 2.03. The van der Waals surface area contributed by atoms with E-state index in [1.807, 2.05) is 36.7 Å². The van der Waals surface area contributed by atoms with Gasteiger partial charge >= 0.3 is 0 Å². The van der Waals surface area contributed by atoms with Crippen molar-refractivity contribution in [3.63, 3.8) is 0 Å². The lowest BCUT2D eigenvalue weighted by molar-refractivity contribution is 1.04. The summed E-state index contributed by atoms with van der Waals surface area (Å²) in [5.41, 5.74) is 7.51. The van der Waals surface area contributed by atoms with Crippen LogP contribution in [-0.2, 0) is 0 Å². The fourth-order valence-electron chi connectivity index (χ4n) is 1.22. The highest BCUT2D eigenvalue weighted by Crippen LogP contribution is 2.14. The van der Waals surface area contributed by atoms with Crippen LogP contribution >= 0.6 is 0 Å². The molecule has 0 bridgehead atoms. The lowest BCUT2D eigenvalue weighted by atomic mass is 10.3. The first kappa shape index (κ1) is 7.86. The lowest BCUT2D eigenvalue weighted by Crippen LogP contribution is -2.20. The monoisotopic (exact) mass is 173 g/mol. The van der Waals surface area contributed by atoms with Gasteiger partial charge in [-0.1, -0.05) is 0 Å². The van der Waals surface area contributed by atoms with Crippen molar-refractivity contribution in [2.45, 2.75) is 0 Å². The van der Waals surface area contributed by atoms with Crippen molar-refractivity contribution in [2.24, 2.45) is 5.73 Å². The van der Waals surface area contributed by atoms with Gasteiger partial charge in [-0.2, -0.15) is 0 Å². The van der Waals surface area contributed by atoms with Gasteiger partial charge in [-0.25, -0.2) is 0 Å². The van der Waals surface area contributed by atoms with Crippen molar-refractivity contribution in [1.29, 1.82) is 0 Å². The summed E-state index contributed by atoms with van der Waals surface area (Å²) in [6, 6.07) is 3.94. The zero-order valence-electron chi connectivity index (χ0n) is 7.22. The molecular weight excluding hydrogens is 162 g/mol. The van der Waals surface area contributed by atoms with Crippen molar-refractivity contribution in [2.75, 3.05) is 11.4 Å². The van der Waals surface area contributed by atoms with Crippen LogP contribution in [0.25, 0.3) is 0 Å². The summed E-state index contributed by atoms with van der Waals surface area (Å²) in [7, 11) is 0. The highest BCUT2D eigenvalue weighted by molar-refractivity contribution is 5.50. The van der Waals surface area contributed by atoms with Gasteiger partial charge in [0.25, 0.3) is 0 Å². The Labute approximate surface area is 77.2 Å². The Morgan fingerprint density at radius 3 is 3.00 bits per heavy atom. The zero-order valence-corrected chi connectivity index (χ0v) is 7.22. The van der Waals surface area contributed by atoms with Crippen molar-refractivity contribution in [1.82, 2.24) is 4.98 Å². The zero-order chi connectivity index (χ0) is 9.10. The second kappa shape index (κ2) is 3.31. The van der Waals surface area contributed by atoms with Gasteiger partial charge in [0.2, 0.25) is 0 Å². The van der Waals surface area contributed by atoms with Gasteiger partial charge in [-0.05, 0) is 24.3 Å². The van der Waals surface area contributed by atoms with Crippen molar-refractivity contribution >= 4 is 5.69 Å². The average molecular weight is 173 g/mol. The quantitative estimate of drug-likeness (QED) is 0.695. The second-order valence-electron chi connectivity index (χ2n) is 2.88. The number of hydrogen-bond donors (Lipinski definition) is 1. The van der Waals surface area contributed by atoms with E-state index in [-0.39, 0.29) is 0 Å². The summed E-state index contributed by atoms with van der Waals surface area (Å²) < 4.78 is 0. The minimum absolute atomic E-state index is 0.814. The van der Waals surface area contributed by atoms with Gasteiger partial charge in [0.1, 0.15) is 0 Å². The Morgan fingerprint density at radius 1 is 1.46 bits per heavy atom. The van der Waals surface area contributed by atoms with Crippen molar-refractivity contribution in [3.05, 3.63) is 48.6 Å². The third-order valence-electron chi connectivity index (χ3n) is 1.95. The first-order valence-corrected chi connectivity index (χ1v) is 4.17. The Hall–Kier alpha value is -1.77. The normalized spacial score (nSPS) is 15.7. The molecule has 1 aliphatic rings. The summed E-state index contributed by atoms with van der Waals surface area (Å²) in [6.45, 7) is 0.814. The molecule has 0 aromatic carbocycles. The van der Waals surface area contributed by atoms with Crippen LogP contribution in [0.4, 0.5) is 5.69 Å². The van der Waals surface area contributed by atoms with E-state index in [9.17, 15) is 0 Å². The molecule has 0 spiro atoms. The molecule has 0 saturated carbocycles. The third-order valence-corrected chi connectivity index (χ3v) is 1.95. The predicted octanol–water partition coefficient (Wildman–Crippen LogP) is 1.26. The first-order chi connectivity index (χ1) is 6.36. The second-order valence-corrected chi connectivity index (χ2v) is 2.88. The molecule has 2 N–H and O–H groups in total.